The Hall–Kier alpha value is -2.18. The van der Waals surface area contributed by atoms with E-state index in [1.165, 1.54) is 0 Å². The molecule has 166 valence electrons. The molecule has 1 fully saturated rings. The van der Waals surface area contributed by atoms with Crippen LogP contribution in [0.2, 0.25) is 0 Å². The SMILES string of the molecule is CC(C)(O)Cn1ccc(NC(=O)C(N)CC2CCOCC2)n1.O=C(O)C(F)(F)F. The van der Waals surface area contributed by atoms with Crippen LogP contribution >= 0.6 is 0 Å². The molecule has 12 heteroatoms. The summed E-state index contributed by atoms with van der Waals surface area (Å²) < 4.78 is 38.6. The third-order valence-electron chi connectivity index (χ3n) is 3.95. The number of alkyl halides is 3. The number of hydrogen-bond acceptors (Lipinski definition) is 6. The fraction of sp³-hybridized carbons (Fsp3) is 0.706. The monoisotopic (exact) mass is 424 g/mol. The summed E-state index contributed by atoms with van der Waals surface area (Å²) in [6, 6.07) is 1.16. The van der Waals surface area contributed by atoms with Crippen molar-refractivity contribution in [1.29, 1.82) is 0 Å². The largest absolute Gasteiger partial charge is 0.490 e. The molecule has 0 bridgehead atoms. The van der Waals surface area contributed by atoms with Crippen molar-refractivity contribution in [2.24, 2.45) is 11.7 Å². The molecule has 1 aliphatic heterocycles. The maximum absolute atomic E-state index is 12.1. The number of ether oxygens (including phenoxy) is 1. The molecule has 2 heterocycles. The molecule has 0 aliphatic carbocycles. The highest BCUT2D eigenvalue weighted by Crippen LogP contribution is 2.20. The molecule has 1 aromatic rings. The number of nitrogens with one attached hydrogen (secondary N) is 1. The van der Waals surface area contributed by atoms with Gasteiger partial charge in [0.05, 0.1) is 18.2 Å². The highest BCUT2D eigenvalue weighted by atomic mass is 19.4. The Balaban J connectivity index is 0.000000516. The van der Waals surface area contributed by atoms with Gasteiger partial charge in [0.25, 0.3) is 0 Å². The van der Waals surface area contributed by atoms with Gasteiger partial charge in [0, 0.05) is 25.5 Å². The molecule has 1 aliphatic rings. The van der Waals surface area contributed by atoms with Crippen LogP contribution in [0.4, 0.5) is 19.0 Å². The molecule has 1 unspecified atom stereocenters. The minimum absolute atomic E-state index is 0.222. The zero-order chi connectivity index (χ0) is 22.2. The van der Waals surface area contributed by atoms with E-state index in [4.69, 9.17) is 20.4 Å². The van der Waals surface area contributed by atoms with Gasteiger partial charge in [0.15, 0.2) is 5.82 Å². The standard InChI is InChI=1S/C15H26N4O3.C2HF3O2/c1-15(2,21)10-19-6-3-13(18-19)17-14(20)12(16)9-11-4-7-22-8-5-11;3-2(4,5)1(6)7/h3,6,11-12,21H,4-5,7-10,16H2,1-2H3,(H,17,18,20);(H,6,7). The number of carboxylic acids is 1. The first-order chi connectivity index (χ1) is 13.3. The van der Waals surface area contributed by atoms with Crippen LogP contribution in [0, 0.1) is 5.92 Å². The maximum Gasteiger partial charge on any atom is 0.490 e. The van der Waals surface area contributed by atoms with Gasteiger partial charge in [0.1, 0.15) is 0 Å². The normalized spacial score (nSPS) is 16.5. The molecule has 9 nitrogen and oxygen atoms in total. The van der Waals surface area contributed by atoms with Crippen LogP contribution in [-0.2, 0) is 20.9 Å². The average molecular weight is 424 g/mol. The van der Waals surface area contributed by atoms with Gasteiger partial charge in [-0.25, -0.2) is 4.79 Å². The smallest absolute Gasteiger partial charge is 0.475 e. The number of nitrogens with zero attached hydrogens (tertiary/aromatic N) is 2. The molecule has 0 saturated carbocycles. The third kappa shape index (κ3) is 10.2. The van der Waals surface area contributed by atoms with Gasteiger partial charge in [-0.1, -0.05) is 0 Å². The second-order valence-corrected chi connectivity index (χ2v) is 7.40. The van der Waals surface area contributed by atoms with Gasteiger partial charge in [-0.15, -0.1) is 0 Å². The van der Waals surface area contributed by atoms with E-state index in [0.29, 0.717) is 24.7 Å². The van der Waals surface area contributed by atoms with Crippen molar-refractivity contribution in [2.45, 2.75) is 57.5 Å². The van der Waals surface area contributed by atoms with Crippen LogP contribution in [0.25, 0.3) is 0 Å². The summed E-state index contributed by atoms with van der Waals surface area (Å²) in [6.07, 6.45) is -0.778. The van der Waals surface area contributed by atoms with E-state index in [1.54, 1.807) is 30.8 Å². The van der Waals surface area contributed by atoms with E-state index in [9.17, 15) is 23.1 Å². The number of aliphatic carboxylic acids is 1. The molecular weight excluding hydrogens is 397 g/mol. The van der Waals surface area contributed by atoms with Crippen molar-refractivity contribution in [2.75, 3.05) is 18.5 Å². The highest BCUT2D eigenvalue weighted by molar-refractivity contribution is 5.93. The Kier molecular flexibility index (Phi) is 9.05. The Morgan fingerprint density at radius 1 is 1.38 bits per heavy atom. The lowest BCUT2D eigenvalue weighted by molar-refractivity contribution is -0.192. The van der Waals surface area contributed by atoms with E-state index in [0.717, 1.165) is 26.1 Å². The Bertz CT molecular complexity index is 667. The number of carboxylic acid groups (broad SMARTS) is 1. The second-order valence-electron chi connectivity index (χ2n) is 7.40. The van der Waals surface area contributed by atoms with Gasteiger partial charge < -0.3 is 26.0 Å². The number of aromatic nitrogens is 2. The van der Waals surface area contributed by atoms with Crippen LogP contribution in [0.5, 0.6) is 0 Å². The summed E-state index contributed by atoms with van der Waals surface area (Å²) in [6.45, 7) is 5.27. The fourth-order valence-corrected chi connectivity index (χ4v) is 2.58. The van der Waals surface area contributed by atoms with Crippen LogP contribution in [0.1, 0.15) is 33.1 Å². The molecule has 1 saturated heterocycles. The average Bonchev–Trinajstić information content (AvgIpc) is 3.00. The molecule has 1 amide bonds. The zero-order valence-electron chi connectivity index (χ0n) is 16.3. The number of halogens is 3. The minimum Gasteiger partial charge on any atom is -0.475 e. The van der Waals surface area contributed by atoms with Crippen molar-refractivity contribution in [1.82, 2.24) is 9.78 Å². The van der Waals surface area contributed by atoms with E-state index < -0.39 is 23.8 Å². The van der Waals surface area contributed by atoms with Gasteiger partial charge in [-0.2, -0.15) is 18.3 Å². The number of anilines is 1. The first-order valence-corrected chi connectivity index (χ1v) is 8.98. The number of rotatable bonds is 6. The number of nitrogens with two attached hydrogens (primary N) is 1. The van der Waals surface area contributed by atoms with Gasteiger partial charge >= 0.3 is 12.1 Å². The molecule has 29 heavy (non-hydrogen) atoms. The van der Waals surface area contributed by atoms with E-state index in [1.807, 2.05) is 0 Å². The van der Waals surface area contributed by atoms with Gasteiger partial charge in [0.2, 0.25) is 5.91 Å². The summed E-state index contributed by atoms with van der Waals surface area (Å²) in [4.78, 5) is 21.0. The maximum atomic E-state index is 12.1. The third-order valence-corrected chi connectivity index (χ3v) is 3.95. The van der Waals surface area contributed by atoms with Crippen LogP contribution in [0.15, 0.2) is 12.3 Å². The van der Waals surface area contributed by atoms with Crippen molar-refractivity contribution >= 4 is 17.7 Å². The molecule has 0 radical (unpaired) electrons. The first-order valence-electron chi connectivity index (χ1n) is 8.98. The number of carbonyl (C=O) groups excluding carboxylic acids is 1. The number of carbonyl (C=O) groups is 2. The van der Waals surface area contributed by atoms with E-state index in [-0.39, 0.29) is 5.91 Å². The van der Waals surface area contributed by atoms with E-state index in [2.05, 4.69) is 10.4 Å². The van der Waals surface area contributed by atoms with Crippen molar-refractivity contribution in [3.63, 3.8) is 0 Å². The minimum atomic E-state index is -5.08. The summed E-state index contributed by atoms with van der Waals surface area (Å²) >= 11 is 0. The van der Waals surface area contributed by atoms with Crippen molar-refractivity contribution in [3.05, 3.63) is 12.3 Å². The summed E-state index contributed by atoms with van der Waals surface area (Å²) in [5.74, 6) is -2.08. The lowest BCUT2D eigenvalue weighted by Gasteiger charge is -2.24. The van der Waals surface area contributed by atoms with Crippen LogP contribution < -0.4 is 11.1 Å². The topological polar surface area (TPSA) is 140 Å². The summed E-state index contributed by atoms with van der Waals surface area (Å²) in [7, 11) is 0. The van der Waals surface area contributed by atoms with E-state index >= 15 is 0 Å². The summed E-state index contributed by atoms with van der Waals surface area (Å²) in [5.41, 5.74) is 5.12. The molecular formula is C17H27F3N4O5. The molecule has 2 rings (SSSR count). The molecule has 0 aromatic carbocycles. The molecule has 1 aromatic heterocycles. The molecule has 1 atom stereocenters. The van der Waals surface area contributed by atoms with Crippen LogP contribution in [-0.4, -0.2) is 62.9 Å². The first kappa shape index (κ1) is 24.9. The van der Waals surface area contributed by atoms with Gasteiger partial charge in [-0.3, -0.25) is 9.48 Å². The Labute approximate surface area is 166 Å². The zero-order valence-corrected chi connectivity index (χ0v) is 16.3. The predicted octanol–water partition coefficient (Wildman–Crippen LogP) is 1.37. The highest BCUT2D eigenvalue weighted by Gasteiger charge is 2.38. The number of amides is 1. The quantitative estimate of drug-likeness (QED) is 0.541. The fourth-order valence-electron chi connectivity index (χ4n) is 2.58. The number of hydrogen-bond donors (Lipinski definition) is 4. The molecule has 5 N–H and O–H groups in total. The molecule has 0 spiro atoms. The van der Waals surface area contributed by atoms with Crippen molar-refractivity contribution in [3.8, 4) is 0 Å². The summed E-state index contributed by atoms with van der Waals surface area (Å²) in [5, 5.41) is 23.8. The second kappa shape index (κ2) is 10.6. The van der Waals surface area contributed by atoms with Crippen molar-refractivity contribution < 1.29 is 37.7 Å². The Morgan fingerprint density at radius 2 is 1.93 bits per heavy atom. The number of aliphatic hydroxyl groups is 1. The lowest BCUT2D eigenvalue weighted by atomic mass is 9.92. The van der Waals surface area contributed by atoms with Crippen LogP contribution in [0.3, 0.4) is 0 Å². The lowest BCUT2D eigenvalue weighted by Crippen LogP contribution is -2.38. The predicted molar refractivity (Wildman–Crippen MR) is 97.0 cm³/mol. The Morgan fingerprint density at radius 3 is 2.41 bits per heavy atom. The van der Waals surface area contributed by atoms with Gasteiger partial charge in [-0.05, 0) is 39.0 Å².